The van der Waals surface area contributed by atoms with Crippen molar-refractivity contribution < 1.29 is 5.11 Å². The van der Waals surface area contributed by atoms with Crippen LogP contribution in [-0.2, 0) is 6.61 Å². The molecule has 1 atom stereocenters. The van der Waals surface area contributed by atoms with E-state index in [0.29, 0.717) is 5.82 Å². The second-order valence-electron chi connectivity index (χ2n) is 6.32. The van der Waals surface area contributed by atoms with E-state index in [4.69, 9.17) is 4.99 Å². The summed E-state index contributed by atoms with van der Waals surface area (Å²) in [5.41, 5.74) is 4.11. The Labute approximate surface area is 163 Å². The van der Waals surface area contributed by atoms with Gasteiger partial charge in [-0.15, -0.1) is 22.0 Å². The van der Waals surface area contributed by atoms with Crippen molar-refractivity contribution in [1.82, 2.24) is 14.8 Å². The van der Waals surface area contributed by atoms with Crippen molar-refractivity contribution in [2.45, 2.75) is 37.8 Å². The Bertz CT molecular complexity index is 995. The molecular weight excluding hydrogens is 356 g/mol. The van der Waals surface area contributed by atoms with E-state index in [9.17, 15) is 5.11 Å². The van der Waals surface area contributed by atoms with Gasteiger partial charge in [0.05, 0.1) is 11.4 Å². The number of para-hydroxylation sites is 1. The maximum absolute atomic E-state index is 9.79. The Kier molecular flexibility index (Phi) is 5.09. The van der Waals surface area contributed by atoms with Crippen molar-refractivity contribution in [3.63, 3.8) is 0 Å². The molecule has 1 aliphatic heterocycles. The van der Waals surface area contributed by atoms with Crippen LogP contribution in [0.3, 0.4) is 0 Å². The lowest BCUT2D eigenvalue weighted by atomic mass is 10.00. The largest absolute Gasteiger partial charge is 0.388 e. The van der Waals surface area contributed by atoms with E-state index >= 15 is 0 Å². The number of hydrogen-bond donors (Lipinski definition) is 1. The molecule has 2 aromatic carbocycles. The molecule has 0 amide bonds. The van der Waals surface area contributed by atoms with Crippen LogP contribution in [-0.4, -0.2) is 31.3 Å². The van der Waals surface area contributed by atoms with Crippen LogP contribution in [0.25, 0.3) is 5.69 Å². The molecule has 2 heterocycles. The Morgan fingerprint density at radius 1 is 1.00 bits per heavy atom. The zero-order valence-corrected chi connectivity index (χ0v) is 16.3. The highest BCUT2D eigenvalue weighted by Gasteiger charge is 2.28. The van der Waals surface area contributed by atoms with Crippen LogP contribution in [0.2, 0.25) is 0 Å². The van der Waals surface area contributed by atoms with Crippen LogP contribution in [0, 0.1) is 0 Å². The first-order valence-electron chi connectivity index (χ1n) is 9.23. The number of aliphatic hydroxyl groups is 1. The quantitative estimate of drug-likeness (QED) is 0.677. The minimum Gasteiger partial charge on any atom is -0.388 e. The van der Waals surface area contributed by atoms with Crippen molar-refractivity contribution in [3.05, 3.63) is 71.3 Å². The van der Waals surface area contributed by atoms with Crippen LogP contribution in [0.4, 0.5) is 0 Å². The number of aromatic nitrogens is 3. The van der Waals surface area contributed by atoms with Crippen molar-refractivity contribution in [1.29, 1.82) is 0 Å². The van der Waals surface area contributed by atoms with Crippen molar-refractivity contribution in [2.75, 3.05) is 5.75 Å². The smallest absolute Gasteiger partial charge is 0.163 e. The first-order valence-corrected chi connectivity index (χ1v) is 10.2. The summed E-state index contributed by atoms with van der Waals surface area (Å²) in [4.78, 5) is 6.36. The van der Waals surface area contributed by atoms with E-state index in [1.54, 1.807) is 0 Å². The fraction of sp³-hybridized carbons (Fsp3) is 0.286. The van der Waals surface area contributed by atoms with E-state index in [1.165, 1.54) is 4.90 Å². The Morgan fingerprint density at radius 3 is 2.48 bits per heavy atom. The third-order valence-electron chi connectivity index (χ3n) is 4.71. The molecule has 0 aliphatic carbocycles. The van der Waals surface area contributed by atoms with Gasteiger partial charge in [-0.25, -0.2) is 0 Å². The average molecular weight is 379 g/mol. The van der Waals surface area contributed by atoms with Crippen LogP contribution < -0.4 is 0 Å². The molecule has 1 unspecified atom stereocenters. The van der Waals surface area contributed by atoms with Gasteiger partial charge in [-0.1, -0.05) is 50.2 Å². The normalized spacial score (nSPS) is 15.7. The second kappa shape index (κ2) is 7.66. The number of aliphatic hydroxyl groups excluding tert-OH is 1. The van der Waals surface area contributed by atoms with Crippen molar-refractivity contribution in [2.24, 2.45) is 4.99 Å². The number of thioether (sulfide) groups is 1. The molecule has 27 heavy (non-hydrogen) atoms. The van der Waals surface area contributed by atoms with Gasteiger partial charge < -0.3 is 5.11 Å². The number of hydrogen-bond acceptors (Lipinski definition) is 5. The summed E-state index contributed by atoms with van der Waals surface area (Å²) in [6.07, 6.45) is 0.810. The molecule has 0 radical (unpaired) electrons. The van der Waals surface area contributed by atoms with E-state index in [1.807, 2.05) is 34.5 Å². The maximum atomic E-state index is 9.79. The SMILES string of the molecule is CCSc1ccccc1C1=NC(CC)c2nnc(CO)n2-c2ccccc21. The predicted molar refractivity (Wildman–Crippen MR) is 109 cm³/mol. The molecule has 6 heteroatoms. The molecule has 0 bridgehead atoms. The Hall–Kier alpha value is -2.44. The van der Waals surface area contributed by atoms with Crippen LogP contribution >= 0.6 is 11.8 Å². The molecule has 0 fully saturated rings. The maximum Gasteiger partial charge on any atom is 0.163 e. The molecule has 1 aromatic heterocycles. The van der Waals surface area contributed by atoms with Crippen LogP contribution in [0.5, 0.6) is 0 Å². The van der Waals surface area contributed by atoms with Gasteiger partial charge in [-0.3, -0.25) is 9.56 Å². The predicted octanol–water partition coefficient (Wildman–Crippen LogP) is 4.17. The van der Waals surface area contributed by atoms with E-state index in [-0.39, 0.29) is 12.6 Å². The van der Waals surface area contributed by atoms with Gasteiger partial charge in [0.2, 0.25) is 0 Å². The summed E-state index contributed by atoms with van der Waals surface area (Å²) >= 11 is 1.82. The summed E-state index contributed by atoms with van der Waals surface area (Å²) < 4.78 is 1.97. The third-order valence-corrected chi connectivity index (χ3v) is 5.66. The Balaban J connectivity index is 2.00. The zero-order chi connectivity index (χ0) is 18.8. The summed E-state index contributed by atoms with van der Waals surface area (Å²) in [5, 5.41) is 18.3. The first-order chi connectivity index (χ1) is 13.3. The molecule has 0 saturated heterocycles. The molecular formula is C21H22N4OS. The highest BCUT2D eigenvalue weighted by molar-refractivity contribution is 7.99. The van der Waals surface area contributed by atoms with Gasteiger partial charge in [0, 0.05) is 16.0 Å². The number of fused-ring (bicyclic) bond motifs is 3. The highest BCUT2D eigenvalue weighted by atomic mass is 32.2. The molecule has 1 N–H and O–H groups in total. The monoisotopic (exact) mass is 378 g/mol. The van der Waals surface area contributed by atoms with Gasteiger partial charge in [-0.2, -0.15) is 0 Å². The van der Waals surface area contributed by atoms with Crippen molar-refractivity contribution >= 4 is 17.5 Å². The van der Waals surface area contributed by atoms with E-state index in [2.05, 4.69) is 54.4 Å². The minimum absolute atomic E-state index is 0.111. The summed E-state index contributed by atoms with van der Waals surface area (Å²) in [6.45, 7) is 4.11. The van der Waals surface area contributed by atoms with Crippen LogP contribution in [0.1, 0.15) is 49.1 Å². The lowest BCUT2D eigenvalue weighted by Crippen LogP contribution is -2.10. The Morgan fingerprint density at radius 2 is 1.74 bits per heavy atom. The lowest BCUT2D eigenvalue weighted by Gasteiger charge is -2.14. The third kappa shape index (κ3) is 3.09. The summed E-state index contributed by atoms with van der Waals surface area (Å²) in [5.74, 6) is 2.33. The number of rotatable bonds is 5. The van der Waals surface area contributed by atoms with E-state index in [0.717, 1.165) is 40.5 Å². The lowest BCUT2D eigenvalue weighted by molar-refractivity contribution is 0.268. The van der Waals surface area contributed by atoms with E-state index < -0.39 is 0 Å². The van der Waals surface area contributed by atoms with Gasteiger partial charge in [0.1, 0.15) is 12.6 Å². The highest BCUT2D eigenvalue weighted by Crippen LogP contribution is 2.34. The van der Waals surface area contributed by atoms with Gasteiger partial charge in [0.25, 0.3) is 0 Å². The second-order valence-corrected chi connectivity index (χ2v) is 7.62. The topological polar surface area (TPSA) is 63.3 Å². The minimum atomic E-state index is -0.157. The summed E-state index contributed by atoms with van der Waals surface area (Å²) in [7, 11) is 0. The van der Waals surface area contributed by atoms with Gasteiger partial charge in [-0.05, 0) is 24.3 Å². The van der Waals surface area contributed by atoms with Crippen LogP contribution in [0.15, 0.2) is 58.4 Å². The number of aliphatic imine (C=N–C) groups is 1. The summed E-state index contributed by atoms with van der Waals surface area (Å²) in [6, 6.07) is 16.5. The molecule has 5 nitrogen and oxygen atoms in total. The number of benzene rings is 2. The van der Waals surface area contributed by atoms with Crippen molar-refractivity contribution in [3.8, 4) is 5.69 Å². The molecule has 1 aliphatic rings. The molecule has 3 aromatic rings. The molecule has 4 rings (SSSR count). The number of nitrogens with zero attached hydrogens (tertiary/aromatic N) is 4. The average Bonchev–Trinajstić information content (AvgIpc) is 3.08. The molecule has 138 valence electrons. The fourth-order valence-electron chi connectivity index (χ4n) is 3.50. The van der Waals surface area contributed by atoms with Gasteiger partial charge in [0.15, 0.2) is 11.6 Å². The molecule has 0 saturated carbocycles. The first kappa shape index (κ1) is 17.9. The fourth-order valence-corrected chi connectivity index (χ4v) is 4.30. The molecule has 0 spiro atoms. The standard InChI is InChI=1S/C21H22N4OS/c1-3-16-21-24-23-19(13-26)25(21)17-11-7-5-9-14(17)20(22-16)15-10-6-8-12-18(15)27-4-2/h5-12,16,26H,3-4,13H2,1-2H3. The van der Waals surface area contributed by atoms with Gasteiger partial charge >= 0.3 is 0 Å². The zero-order valence-electron chi connectivity index (χ0n) is 15.5.